The fourth-order valence-electron chi connectivity index (χ4n) is 1.91. The van der Waals surface area contributed by atoms with E-state index < -0.39 is 47.2 Å². The molecule has 0 saturated heterocycles. The number of carboxylic acids is 1. The van der Waals surface area contributed by atoms with Crippen LogP contribution in [0.25, 0.3) is 0 Å². The molecule has 0 aliphatic carbocycles. The lowest BCUT2D eigenvalue weighted by Gasteiger charge is -2.30. The van der Waals surface area contributed by atoms with Crippen molar-refractivity contribution < 1.29 is 29.0 Å². The topological polar surface area (TPSA) is 114 Å². The molecule has 0 heterocycles. The van der Waals surface area contributed by atoms with Crippen LogP contribution in [0.3, 0.4) is 0 Å². The highest BCUT2D eigenvalue weighted by atomic mass is 16.6. The predicted octanol–water partition coefficient (Wildman–Crippen LogP) is 2.76. The highest BCUT2D eigenvalue weighted by molar-refractivity contribution is 5.71. The zero-order valence-corrected chi connectivity index (χ0v) is 16.4. The van der Waals surface area contributed by atoms with Gasteiger partial charge < -0.3 is 25.2 Å². The summed E-state index contributed by atoms with van der Waals surface area (Å²) in [6.07, 6.45) is -1.31. The monoisotopic (exact) mass is 360 g/mol. The summed E-state index contributed by atoms with van der Waals surface area (Å²) in [5.74, 6) is -2.15. The number of hydrogen-bond donors (Lipinski definition) is 3. The molecular formula is C17H32N2O6. The van der Waals surface area contributed by atoms with E-state index in [1.54, 1.807) is 55.4 Å². The second-order valence-electron chi connectivity index (χ2n) is 8.12. The first-order valence-corrected chi connectivity index (χ1v) is 8.31. The minimum absolute atomic E-state index is 0.0208. The molecule has 0 aliphatic heterocycles. The van der Waals surface area contributed by atoms with E-state index in [0.29, 0.717) is 0 Å². The Bertz CT molecular complexity index is 479. The van der Waals surface area contributed by atoms with Crippen LogP contribution in [0.4, 0.5) is 9.59 Å². The van der Waals surface area contributed by atoms with Gasteiger partial charge in [-0.3, -0.25) is 4.79 Å². The fourth-order valence-corrected chi connectivity index (χ4v) is 1.91. The van der Waals surface area contributed by atoms with Gasteiger partial charge in [-0.2, -0.15) is 0 Å². The molecule has 3 atom stereocenters. The molecule has 0 aromatic carbocycles. The number of carbonyl (C=O) groups excluding carboxylic acids is 2. The van der Waals surface area contributed by atoms with Gasteiger partial charge in [-0.15, -0.1) is 0 Å². The Labute approximate surface area is 149 Å². The normalized spacial score (nSPS) is 15.5. The van der Waals surface area contributed by atoms with Crippen molar-refractivity contribution in [1.29, 1.82) is 0 Å². The number of alkyl carbamates (subject to hydrolysis) is 2. The molecule has 0 aliphatic rings. The van der Waals surface area contributed by atoms with Crippen LogP contribution < -0.4 is 10.6 Å². The van der Waals surface area contributed by atoms with Crippen molar-refractivity contribution in [2.75, 3.05) is 6.54 Å². The Hall–Kier alpha value is -1.99. The fraction of sp³-hybridized carbons (Fsp3) is 0.824. The SMILES string of the molecule is CC(C(=O)O)C(C)C(CNC(=O)OC(C)(C)C)NC(=O)OC(C)(C)C. The Morgan fingerprint density at radius 3 is 1.76 bits per heavy atom. The van der Waals surface area contributed by atoms with Crippen LogP contribution in [-0.2, 0) is 14.3 Å². The third-order valence-electron chi connectivity index (χ3n) is 3.38. The number of hydrogen-bond acceptors (Lipinski definition) is 5. The summed E-state index contributed by atoms with van der Waals surface area (Å²) in [5, 5.41) is 14.4. The molecule has 0 fully saturated rings. The molecule has 146 valence electrons. The number of rotatable bonds is 6. The summed E-state index contributed by atoms with van der Waals surface area (Å²) >= 11 is 0. The minimum atomic E-state index is -0.985. The van der Waals surface area contributed by atoms with Crippen LogP contribution in [0.1, 0.15) is 55.4 Å². The van der Waals surface area contributed by atoms with Gasteiger partial charge in [0.15, 0.2) is 0 Å². The van der Waals surface area contributed by atoms with Crippen molar-refractivity contribution in [3.05, 3.63) is 0 Å². The lowest BCUT2D eigenvalue weighted by Crippen LogP contribution is -2.51. The van der Waals surface area contributed by atoms with Gasteiger partial charge in [-0.25, -0.2) is 9.59 Å². The summed E-state index contributed by atoms with van der Waals surface area (Å²) in [7, 11) is 0. The predicted molar refractivity (Wildman–Crippen MR) is 93.4 cm³/mol. The van der Waals surface area contributed by atoms with Crippen LogP contribution in [0.15, 0.2) is 0 Å². The summed E-state index contributed by atoms with van der Waals surface area (Å²) in [5.41, 5.74) is -1.34. The third kappa shape index (κ3) is 10.5. The summed E-state index contributed by atoms with van der Waals surface area (Å²) in [6.45, 7) is 13.6. The van der Waals surface area contributed by atoms with E-state index in [4.69, 9.17) is 9.47 Å². The number of amides is 2. The van der Waals surface area contributed by atoms with E-state index in [1.807, 2.05) is 0 Å². The molecule has 0 aromatic rings. The van der Waals surface area contributed by atoms with Crippen molar-refractivity contribution in [3.63, 3.8) is 0 Å². The first-order chi connectivity index (χ1) is 11.1. The van der Waals surface area contributed by atoms with Gasteiger partial charge in [0.05, 0.1) is 12.0 Å². The van der Waals surface area contributed by atoms with Gasteiger partial charge in [0.1, 0.15) is 11.2 Å². The molecule has 0 spiro atoms. The Morgan fingerprint density at radius 2 is 1.36 bits per heavy atom. The molecule has 0 bridgehead atoms. The van der Waals surface area contributed by atoms with Crippen LogP contribution in [0, 0.1) is 11.8 Å². The molecule has 0 saturated carbocycles. The number of ether oxygens (including phenoxy) is 2. The Balaban J connectivity index is 4.98. The van der Waals surface area contributed by atoms with Crippen LogP contribution in [0.5, 0.6) is 0 Å². The molecule has 0 aromatic heterocycles. The van der Waals surface area contributed by atoms with Gasteiger partial charge >= 0.3 is 18.2 Å². The van der Waals surface area contributed by atoms with Crippen molar-refractivity contribution >= 4 is 18.2 Å². The van der Waals surface area contributed by atoms with Gasteiger partial charge in [-0.05, 0) is 47.5 Å². The van der Waals surface area contributed by atoms with Crippen LogP contribution in [0.2, 0.25) is 0 Å². The molecule has 0 rings (SSSR count). The number of aliphatic carboxylic acids is 1. The highest BCUT2D eigenvalue weighted by Gasteiger charge is 2.30. The summed E-state index contributed by atoms with van der Waals surface area (Å²) in [4.78, 5) is 35.1. The number of nitrogens with one attached hydrogen (secondary N) is 2. The van der Waals surface area contributed by atoms with Crippen molar-refractivity contribution in [2.24, 2.45) is 11.8 Å². The molecule has 0 radical (unpaired) electrons. The second kappa shape index (κ2) is 8.92. The Morgan fingerprint density at radius 1 is 0.920 bits per heavy atom. The summed E-state index contributed by atoms with van der Waals surface area (Å²) in [6, 6.07) is -0.631. The average molecular weight is 360 g/mol. The highest BCUT2D eigenvalue weighted by Crippen LogP contribution is 2.17. The van der Waals surface area contributed by atoms with Gasteiger partial charge in [0.25, 0.3) is 0 Å². The molecule has 3 unspecified atom stereocenters. The van der Waals surface area contributed by atoms with E-state index in [1.165, 1.54) is 0 Å². The van der Waals surface area contributed by atoms with Gasteiger partial charge in [0, 0.05) is 6.54 Å². The van der Waals surface area contributed by atoms with Crippen molar-refractivity contribution in [2.45, 2.75) is 72.6 Å². The molecule has 25 heavy (non-hydrogen) atoms. The third-order valence-corrected chi connectivity index (χ3v) is 3.38. The Kier molecular flexibility index (Phi) is 8.21. The van der Waals surface area contributed by atoms with E-state index in [2.05, 4.69) is 10.6 Å². The van der Waals surface area contributed by atoms with E-state index in [0.717, 1.165) is 0 Å². The number of carboxylic acid groups (broad SMARTS) is 1. The zero-order valence-electron chi connectivity index (χ0n) is 16.4. The first kappa shape index (κ1) is 23.0. The van der Waals surface area contributed by atoms with E-state index in [9.17, 15) is 19.5 Å². The summed E-state index contributed by atoms with van der Waals surface area (Å²) < 4.78 is 10.4. The second-order valence-corrected chi connectivity index (χ2v) is 8.12. The van der Waals surface area contributed by atoms with Crippen molar-refractivity contribution in [1.82, 2.24) is 10.6 Å². The average Bonchev–Trinajstić information content (AvgIpc) is 2.37. The molecule has 8 nitrogen and oxygen atoms in total. The smallest absolute Gasteiger partial charge is 0.407 e. The van der Waals surface area contributed by atoms with E-state index in [-0.39, 0.29) is 6.54 Å². The molecular weight excluding hydrogens is 328 g/mol. The maximum absolute atomic E-state index is 12.0. The molecule has 3 N–H and O–H groups in total. The first-order valence-electron chi connectivity index (χ1n) is 8.31. The minimum Gasteiger partial charge on any atom is -0.481 e. The maximum atomic E-state index is 12.0. The zero-order chi connectivity index (χ0) is 20.0. The molecule has 8 heteroatoms. The standard InChI is InChI=1S/C17H32N2O6/c1-10(11(2)13(20)21)12(19-15(23)25-17(6,7)8)9-18-14(22)24-16(3,4)5/h10-12H,9H2,1-8H3,(H,18,22)(H,19,23)(H,20,21). The van der Waals surface area contributed by atoms with Gasteiger partial charge in [-0.1, -0.05) is 13.8 Å². The van der Waals surface area contributed by atoms with E-state index >= 15 is 0 Å². The largest absolute Gasteiger partial charge is 0.481 e. The number of carbonyl (C=O) groups is 3. The maximum Gasteiger partial charge on any atom is 0.407 e. The molecule has 2 amide bonds. The van der Waals surface area contributed by atoms with Gasteiger partial charge in [0.2, 0.25) is 0 Å². The van der Waals surface area contributed by atoms with Crippen molar-refractivity contribution in [3.8, 4) is 0 Å². The van der Waals surface area contributed by atoms with Crippen LogP contribution in [-0.4, -0.2) is 47.1 Å². The van der Waals surface area contributed by atoms with Crippen LogP contribution >= 0.6 is 0 Å². The lowest BCUT2D eigenvalue weighted by molar-refractivity contribution is -0.143. The lowest BCUT2D eigenvalue weighted by atomic mass is 9.89. The quantitative estimate of drug-likeness (QED) is 0.671.